The zero-order valence-corrected chi connectivity index (χ0v) is 18.8. The van der Waals surface area contributed by atoms with Crippen LogP contribution in [-0.4, -0.2) is 37.6 Å². The zero-order chi connectivity index (χ0) is 21.8. The van der Waals surface area contributed by atoms with Crippen molar-refractivity contribution in [3.05, 3.63) is 77.9 Å². The summed E-state index contributed by atoms with van der Waals surface area (Å²) in [6.45, 7) is 4.04. The van der Waals surface area contributed by atoms with Crippen molar-refractivity contribution in [2.24, 2.45) is 7.05 Å². The van der Waals surface area contributed by atoms with Crippen LogP contribution in [0.15, 0.2) is 60.9 Å². The predicted octanol–water partition coefficient (Wildman–Crippen LogP) is 5.27. The topological polar surface area (TPSA) is 38.9 Å². The Kier molecular flexibility index (Phi) is 4.40. The van der Waals surface area contributed by atoms with Crippen molar-refractivity contribution in [2.45, 2.75) is 26.3 Å². The van der Waals surface area contributed by atoms with Gasteiger partial charge in [-0.15, -0.1) is 0 Å². The van der Waals surface area contributed by atoms with E-state index in [4.69, 9.17) is 9.97 Å². The van der Waals surface area contributed by atoms with Crippen LogP contribution in [0.2, 0.25) is 0 Å². The summed E-state index contributed by atoms with van der Waals surface area (Å²) in [5, 5.41) is 1.26. The Morgan fingerprint density at radius 2 is 1.88 bits per heavy atom. The zero-order valence-electron chi connectivity index (χ0n) is 18.8. The van der Waals surface area contributed by atoms with Crippen molar-refractivity contribution in [3.63, 3.8) is 0 Å². The monoisotopic (exact) mass is 421 g/mol. The lowest BCUT2D eigenvalue weighted by Gasteiger charge is -2.15. The van der Waals surface area contributed by atoms with Crippen LogP contribution in [0.4, 0.5) is 0 Å². The standard InChI is InChI=1S/C27H27N5/c1-18-16-28-27-26(29-18)22-17-30(2)13-6-9-25(22)32(27)24-8-5-4-7-21(24)19-10-11-23-20(15-19)12-14-31(23)3/h4-5,7-8,10-12,14-16H,6,9,13,17H2,1-3H3. The second kappa shape index (κ2) is 7.31. The minimum atomic E-state index is 0.912. The Bertz CT molecular complexity index is 1470. The number of benzene rings is 2. The highest BCUT2D eigenvalue weighted by atomic mass is 15.1. The molecule has 5 nitrogen and oxygen atoms in total. The Morgan fingerprint density at radius 3 is 2.78 bits per heavy atom. The Labute approximate surface area is 187 Å². The number of rotatable bonds is 2. The maximum atomic E-state index is 4.94. The van der Waals surface area contributed by atoms with Gasteiger partial charge in [0.1, 0.15) is 5.52 Å². The summed E-state index contributed by atoms with van der Waals surface area (Å²) >= 11 is 0. The number of hydrogen-bond acceptors (Lipinski definition) is 3. The van der Waals surface area contributed by atoms with Gasteiger partial charge in [-0.1, -0.05) is 24.3 Å². The maximum Gasteiger partial charge on any atom is 0.163 e. The van der Waals surface area contributed by atoms with Gasteiger partial charge in [-0.2, -0.15) is 0 Å². The van der Waals surface area contributed by atoms with E-state index in [1.807, 2.05) is 13.1 Å². The fourth-order valence-corrected chi connectivity index (χ4v) is 5.15. The second-order valence-electron chi connectivity index (χ2n) is 9.00. The largest absolute Gasteiger partial charge is 0.351 e. The Morgan fingerprint density at radius 1 is 1.00 bits per heavy atom. The van der Waals surface area contributed by atoms with Gasteiger partial charge < -0.3 is 9.47 Å². The van der Waals surface area contributed by atoms with Gasteiger partial charge in [0.05, 0.1) is 17.6 Å². The number of fused-ring (bicyclic) bond motifs is 4. The molecule has 2 aromatic carbocycles. The van der Waals surface area contributed by atoms with Crippen LogP contribution in [0.3, 0.4) is 0 Å². The molecule has 0 fully saturated rings. The number of nitrogens with zero attached hydrogens (tertiary/aromatic N) is 5. The van der Waals surface area contributed by atoms with Crippen LogP contribution in [-0.2, 0) is 20.0 Å². The molecule has 0 unspecified atom stereocenters. The molecule has 0 amide bonds. The van der Waals surface area contributed by atoms with Crippen molar-refractivity contribution in [3.8, 4) is 16.8 Å². The summed E-state index contributed by atoms with van der Waals surface area (Å²) < 4.78 is 4.54. The SMILES string of the molecule is Cc1cnc2c(n1)c1c(n2-c2ccccc2-c2ccc3c(ccn3C)c2)CCCN(C)C1. The van der Waals surface area contributed by atoms with Crippen molar-refractivity contribution < 1.29 is 0 Å². The molecule has 0 aliphatic carbocycles. The van der Waals surface area contributed by atoms with E-state index in [0.717, 1.165) is 42.8 Å². The highest BCUT2D eigenvalue weighted by Crippen LogP contribution is 2.36. The molecule has 1 aliphatic heterocycles. The third kappa shape index (κ3) is 2.96. The van der Waals surface area contributed by atoms with E-state index >= 15 is 0 Å². The van der Waals surface area contributed by atoms with E-state index in [1.165, 1.54) is 39.0 Å². The average molecular weight is 422 g/mol. The molecule has 160 valence electrons. The molecular formula is C27H27N5. The van der Waals surface area contributed by atoms with Crippen molar-refractivity contribution in [1.29, 1.82) is 0 Å². The molecule has 4 heterocycles. The number of aromatic nitrogens is 4. The lowest BCUT2D eigenvalue weighted by molar-refractivity contribution is 0.333. The van der Waals surface area contributed by atoms with Crippen molar-refractivity contribution >= 4 is 22.1 Å². The van der Waals surface area contributed by atoms with Crippen LogP contribution in [0.1, 0.15) is 23.4 Å². The normalized spacial score (nSPS) is 14.7. The molecule has 0 N–H and O–H groups in total. The molecule has 0 spiro atoms. The van der Waals surface area contributed by atoms with Crippen molar-refractivity contribution in [2.75, 3.05) is 13.6 Å². The van der Waals surface area contributed by atoms with E-state index in [1.54, 1.807) is 0 Å². The average Bonchev–Trinajstić information content (AvgIpc) is 3.23. The van der Waals surface area contributed by atoms with E-state index in [0.29, 0.717) is 0 Å². The van der Waals surface area contributed by atoms with Gasteiger partial charge >= 0.3 is 0 Å². The predicted molar refractivity (Wildman–Crippen MR) is 130 cm³/mol. The molecule has 0 saturated carbocycles. The van der Waals surface area contributed by atoms with E-state index in [-0.39, 0.29) is 0 Å². The van der Waals surface area contributed by atoms with Crippen molar-refractivity contribution in [1.82, 2.24) is 24.0 Å². The third-order valence-electron chi connectivity index (χ3n) is 6.71. The summed E-state index contributed by atoms with van der Waals surface area (Å²) in [4.78, 5) is 12.2. The molecule has 0 bridgehead atoms. The van der Waals surface area contributed by atoms with Crippen LogP contribution >= 0.6 is 0 Å². The molecule has 5 aromatic rings. The number of hydrogen-bond donors (Lipinski definition) is 0. The fourth-order valence-electron chi connectivity index (χ4n) is 5.15. The molecule has 6 rings (SSSR count). The summed E-state index contributed by atoms with van der Waals surface area (Å²) in [6.07, 6.45) is 6.17. The van der Waals surface area contributed by atoms with E-state index < -0.39 is 0 Å². The first-order valence-electron chi connectivity index (χ1n) is 11.3. The first-order chi connectivity index (χ1) is 15.6. The van der Waals surface area contributed by atoms with Gasteiger partial charge in [0.15, 0.2) is 5.65 Å². The fraction of sp³-hybridized carbons (Fsp3) is 0.259. The molecule has 3 aromatic heterocycles. The molecule has 32 heavy (non-hydrogen) atoms. The summed E-state index contributed by atoms with van der Waals surface area (Å²) in [5.41, 5.74) is 10.5. The lowest BCUT2D eigenvalue weighted by Crippen LogP contribution is -2.17. The quantitative estimate of drug-likeness (QED) is 0.390. The van der Waals surface area contributed by atoms with Crippen LogP contribution < -0.4 is 0 Å². The molecule has 1 aliphatic rings. The molecule has 0 saturated heterocycles. The number of aryl methyl sites for hydroxylation is 2. The molecule has 5 heteroatoms. The third-order valence-corrected chi connectivity index (χ3v) is 6.71. The number of para-hydroxylation sites is 1. The van der Waals surface area contributed by atoms with Gasteiger partial charge in [0.2, 0.25) is 0 Å². The van der Waals surface area contributed by atoms with Crippen LogP contribution in [0.5, 0.6) is 0 Å². The minimum absolute atomic E-state index is 0.912. The van der Waals surface area contributed by atoms with Gasteiger partial charge in [0.25, 0.3) is 0 Å². The maximum absolute atomic E-state index is 4.94. The van der Waals surface area contributed by atoms with E-state index in [9.17, 15) is 0 Å². The highest BCUT2D eigenvalue weighted by Gasteiger charge is 2.25. The smallest absolute Gasteiger partial charge is 0.163 e. The summed E-state index contributed by atoms with van der Waals surface area (Å²) in [5.74, 6) is 0. The van der Waals surface area contributed by atoms with E-state index in [2.05, 4.69) is 82.9 Å². The molecule has 0 radical (unpaired) electrons. The highest BCUT2D eigenvalue weighted by molar-refractivity contribution is 5.89. The van der Waals surface area contributed by atoms with Gasteiger partial charge in [-0.05, 0) is 63.2 Å². The lowest BCUT2D eigenvalue weighted by atomic mass is 10.0. The summed E-state index contributed by atoms with van der Waals surface area (Å²) in [6, 6.07) is 17.6. The summed E-state index contributed by atoms with van der Waals surface area (Å²) in [7, 11) is 4.29. The minimum Gasteiger partial charge on any atom is -0.351 e. The second-order valence-corrected chi connectivity index (χ2v) is 9.00. The van der Waals surface area contributed by atoms with Gasteiger partial charge in [0, 0.05) is 47.5 Å². The Hall–Kier alpha value is -3.44. The van der Waals surface area contributed by atoms with Crippen LogP contribution in [0.25, 0.3) is 38.9 Å². The molecule has 0 atom stereocenters. The van der Waals surface area contributed by atoms with Crippen LogP contribution in [0, 0.1) is 6.92 Å². The Balaban J connectivity index is 1.63. The first-order valence-corrected chi connectivity index (χ1v) is 11.3. The van der Waals surface area contributed by atoms with Gasteiger partial charge in [-0.25, -0.2) is 9.97 Å². The molecular weight excluding hydrogens is 394 g/mol. The van der Waals surface area contributed by atoms with Gasteiger partial charge in [-0.3, -0.25) is 4.57 Å². The first kappa shape index (κ1) is 19.3.